The van der Waals surface area contributed by atoms with E-state index < -0.39 is 0 Å². The van der Waals surface area contributed by atoms with Crippen molar-refractivity contribution in [1.82, 2.24) is 5.32 Å². The molecule has 3 N–H and O–H groups in total. The van der Waals surface area contributed by atoms with Gasteiger partial charge in [0.2, 0.25) is 0 Å². The number of phenolic OH excluding ortho intramolecular Hbond substituents is 1. The zero-order valence-corrected chi connectivity index (χ0v) is 9.77. The van der Waals surface area contributed by atoms with Crippen molar-refractivity contribution in [2.24, 2.45) is 0 Å². The van der Waals surface area contributed by atoms with Crippen LogP contribution in [0.5, 0.6) is 5.75 Å². The van der Waals surface area contributed by atoms with Gasteiger partial charge in [0.25, 0.3) is 5.91 Å². The molecule has 0 radical (unpaired) electrons. The van der Waals surface area contributed by atoms with Gasteiger partial charge in [-0.15, -0.1) is 0 Å². The second-order valence-electron chi connectivity index (χ2n) is 3.61. The Morgan fingerprint density at radius 2 is 2.18 bits per heavy atom. The van der Waals surface area contributed by atoms with Gasteiger partial charge in [0.1, 0.15) is 5.75 Å². The number of hydrogen-bond donors (Lipinski definition) is 3. The Hall–Kier alpha value is -1.59. The Kier molecular flexibility index (Phi) is 5.45. The van der Waals surface area contributed by atoms with Crippen LogP contribution in [0.4, 0.5) is 0 Å². The summed E-state index contributed by atoms with van der Waals surface area (Å²) in [7, 11) is 0. The summed E-state index contributed by atoms with van der Waals surface area (Å²) < 4.78 is 4.99. The van der Waals surface area contributed by atoms with Crippen molar-refractivity contribution in [1.29, 1.82) is 0 Å². The van der Waals surface area contributed by atoms with Crippen molar-refractivity contribution in [2.75, 3.05) is 26.4 Å². The number of aromatic hydroxyl groups is 1. The molecule has 1 rings (SSSR count). The molecular weight excluding hydrogens is 222 g/mol. The lowest BCUT2D eigenvalue weighted by atomic mass is 10.1. The summed E-state index contributed by atoms with van der Waals surface area (Å²) in [6, 6.07) is 4.88. The molecule has 17 heavy (non-hydrogen) atoms. The van der Waals surface area contributed by atoms with Gasteiger partial charge in [-0.3, -0.25) is 4.79 Å². The molecule has 0 bridgehead atoms. The Bertz CT molecular complexity index is 379. The standard InChI is InChI=1S/C12H17NO4/c1-9-2-3-10(11(15)8-9)12(16)13-4-6-17-7-5-14/h2-3,8,14-15H,4-7H2,1H3,(H,13,16). The predicted octanol–water partition coefficient (Wildman–Crippen LogP) is 0.439. The molecule has 0 heterocycles. The van der Waals surface area contributed by atoms with Crippen molar-refractivity contribution in [3.63, 3.8) is 0 Å². The highest BCUT2D eigenvalue weighted by atomic mass is 16.5. The largest absolute Gasteiger partial charge is 0.507 e. The molecular formula is C12H17NO4. The number of hydrogen-bond acceptors (Lipinski definition) is 4. The van der Waals surface area contributed by atoms with Crippen molar-refractivity contribution >= 4 is 5.91 Å². The van der Waals surface area contributed by atoms with E-state index in [1.807, 2.05) is 6.92 Å². The van der Waals surface area contributed by atoms with Crippen molar-refractivity contribution in [3.05, 3.63) is 29.3 Å². The average Bonchev–Trinajstić information content (AvgIpc) is 2.28. The maximum atomic E-state index is 11.6. The summed E-state index contributed by atoms with van der Waals surface area (Å²) >= 11 is 0. The molecule has 0 aliphatic carbocycles. The third-order valence-corrected chi connectivity index (χ3v) is 2.17. The van der Waals surface area contributed by atoms with Gasteiger partial charge in [-0.25, -0.2) is 0 Å². The third kappa shape index (κ3) is 4.42. The number of aliphatic hydroxyl groups is 1. The fraction of sp³-hybridized carbons (Fsp3) is 0.417. The van der Waals surface area contributed by atoms with Crippen molar-refractivity contribution < 1.29 is 19.7 Å². The van der Waals surface area contributed by atoms with Gasteiger partial charge < -0.3 is 20.3 Å². The van der Waals surface area contributed by atoms with Gasteiger partial charge in [0.15, 0.2) is 0 Å². The molecule has 0 unspecified atom stereocenters. The number of phenols is 1. The smallest absolute Gasteiger partial charge is 0.255 e. The summed E-state index contributed by atoms with van der Waals surface area (Å²) in [5, 5.41) is 20.7. The summed E-state index contributed by atoms with van der Waals surface area (Å²) in [4.78, 5) is 11.6. The lowest BCUT2D eigenvalue weighted by Gasteiger charge is -2.07. The highest BCUT2D eigenvalue weighted by Crippen LogP contribution is 2.17. The van der Waals surface area contributed by atoms with Gasteiger partial charge in [-0.1, -0.05) is 6.07 Å². The zero-order valence-electron chi connectivity index (χ0n) is 9.77. The third-order valence-electron chi connectivity index (χ3n) is 2.17. The van der Waals surface area contributed by atoms with Crippen LogP contribution < -0.4 is 5.32 Å². The number of carbonyl (C=O) groups is 1. The molecule has 1 amide bonds. The molecule has 0 saturated carbocycles. The molecule has 0 aliphatic rings. The minimum atomic E-state index is -0.338. The van der Waals surface area contributed by atoms with E-state index in [2.05, 4.69) is 5.32 Å². The molecule has 0 aromatic heterocycles. The van der Waals surface area contributed by atoms with E-state index in [-0.39, 0.29) is 30.4 Å². The monoisotopic (exact) mass is 239 g/mol. The van der Waals surface area contributed by atoms with Gasteiger partial charge in [-0.05, 0) is 24.6 Å². The van der Waals surface area contributed by atoms with Crippen molar-refractivity contribution in [2.45, 2.75) is 6.92 Å². The van der Waals surface area contributed by atoms with Crippen LogP contribution in [0, 0.1) is 6.92 Å². The van der Waals surface area contributed by atoms with Crippen LogP contribution in [0.1, 0.15) is 15.9 Å². The number of ether oxygens (including phenoxy) is 1. The quantitative estimate of drug-likeness (QED) is 0.629. The number of carbonyl (C=O) groups excluding carboxylic acids is 1. The van der Waals surface area contributed by atoms with E-state index >= 15 is 0 Å². The van der Waals surface area contributed by atoms with Crippen LogP contribution in [0.3, 0.4) is 0 Å². The highest BCUT2D eigenvalue weighted by molar-refractivity contribution is 5.96. The second-order valence-corrected chi connectivity index (χ2v) is 3.61. The number of benzene rings is 1. The summed E-state index contributed by atoms with van der Waals surface area (Å²) in [6.07, 6.45) is 0. The Balaban J connectivity index is 2.42. The van der Waals surface area contributed by atoms with Gasteiger partial charge in [0.05, 0.1) is 25.4 Å². The first-order valence-electron chi connectivity index (χ1n) is 5.41. The molecule has 1 aromatic rings. The molecule has 0 aliphatic heterocycles. The van der Waals surface area contributed by atoms with Crippen LogP contribution in [0.2, 0.25) is 0 Å². The number of nitrogens with one attached hydrogen (secondary N) is 1. The molecule has 0 fully saturated rings. The second kappa shape index (κ2) is 6.88. The van der Waals surface area contributed by atoms with Crippen LogP contribution >= 0.6 is 0 Å². The molecule has 0 saturated heterocycles. The number of aryl methyl sites for hydroxylation is 1. The van der Waals surface area contributed by atoms with Crippen LogP contribution in [-0.2, 0) is 4.74 Å². The predicted molar refractivity (Wildman–Crippen MR) is 63.1 cm³/mol. The molecule has 94 valence electrons. The van der Waals surface area contributed by atoms with Crippen LogP contribution in [0.25, 0.3) is 0 Å². The first-order valence-corrected chi connectivity index (χ1v) is 5.41. The molecule has 5 heteroatoms. The molecule has 5 nitrogen and oxygen atoms in total. The molecule has 1 aromatic carbocycles. The SMILES string of the molecule is Cc1ccc(C(=O)NCCOCCO)c(O)c1. The maximum Gasteiger partial charge on any atom is 0.255 e. The molecule has 0 atom stereocenters. The Morgan fingerprint density at radius 3 is 2.82 bits per heavy atom. The Morgan fingerprint density at radius 1 is 1.41 bits per heavy atom. The van der Waals surface area contributed by atoms with Gasteiger partial charge in [-0.2, -0.15) is 0 Å². The Labute approximate surface area is 100 Å². The van der Waals surface area contributed by atoms with Crippen LogP contribution in [0.15, 0.2) is 18.2 Å². The minimum Gasteiger partial charge on any atom is -0.507 e. The topological polar surface area (TPSA) is 78.8 Å². The summed E-state index contributed by atoms with van der Waals surface area (Å²) in [5.74, 6) is -0.367. The first-order chi connectivity index (χ1) is 8.15. The number of rotatable bonds is 6. The lowest BCUT2D eigenvalue weighted by Crippen LogP contribution is -2.27. The van der Waals surface area contributed by atoms with E-state index in [0.29, 0.717) is 13.2 Å². The number of aliphatic hydroxyl groups excluding tert-OH is 1. The van der Waals surface area contributed by atoms with E-state index in [1.165, 1.54) is 6.07 Å². The molecule has 0 spiro atoms. The zero-order chi connectivity index (χ0) is 12.7. The van der Waals surface area contributed by atoms with E-state index in [9.17, 15) is 9.90 Å². The summed E-state index contributed by atoms with van der Waals surface area (Å²) in [6.45, 7) is 2.73. The fourth-order valence-electron chi connectivity index (χ4n) is 1.33. The van der Waals surface area contributed by atoms with E-state index in [0.717, 1.165) is 5.56 Å². The average molecular weight is 239 g/mol. The first kappa shape index (κ1) is 13.5. The highest BCUT2D eigenvalue weighted by Gasteiger charge is 2.09. The van der Waals surface area contributed by atoms with Crippen molar-refractivity contribution in [3.8, 4) is 5.75 Å². The van der Waals surface area contributed by atoms with Gasteiger partial charge >= 0.3 is 0 Å². The van der Waals surface area contributed by atoms with E-state index in [4.69, 9.17) is 9.84 Å². The maximum absolute atomic E-state index is 11.6. The summed E-state index contributed by atoms with van der Waals surface area (Å²) in [5.41, 5.74) is 1.14. The van der Waals surface area contributed by atoms with Gasteiger partial charge in [0, 0.05) is 6.54 Å². The van der Waals surface area contributed by atoms with Crippen LogP contribution in [-0.4, -0.2) is 42.5 Å². The fourth-order valence-corrected chi connectivity index (χ4v) is 1.33. The normalized spacial score (nSPS) is 10.2. The number of amides is 1. The lowest BCUT2D eigenvalue weighted by molar-refractivity contribution is 0.0836. The minimum absolute atomic E-state index is 0.0289. The van der Waals surface area contributed by atoms with E-state index in [1.54, 1.807) is 12.1 Å².